The number of amides is 2. The van der Waals surface area contributed by atoms with Crippen LogP contribution in [0.4, 0.5) is 11.6 Å². The standard InChI is InChI=1S/C33H30N6O4/c34-33-38-27-13-11-22(18-28(27)39-33)36-31(41)29-24(16-20-8-4-5-9-26(20)37-29)23-12-10-21(17-25(23)32(42)43)30(40)35-15-14-19-6-2-1-3-7-19/h4-6,8-13,16-18H,1-3,7,14-15H2,(H,35,40)(H,36,41)(H,42,43)(H3,34,38,39). The van der Waals surface area contributed by atoms with Gasteiger partial charge in [-0.05, 0) is 80.1 Å². The summed E-state index contributed by atoms with van der Waals surface area (Å²) in [6, 6.07) is 18.6. The van der Waals surface area contributed by atoms with Crippen molar-refractivity contribution in [3.63, 3.8) is 0 Å². The Kier molecular flexibility index (Phi) is 7.57. The van der Waals surface area contributed by atoms with Crippen LogP contribution in [0.15, 0.2) is 78.4 Å². The number of nitrogens with one attached hydrogen (secondary N) is 3. The van der Waals surface area contributed by atoms with Crippen molar-refractivity contribution in [3.8, 4) is 11.1 Å². The van der Waals surface area contributed by atoms with E-state index >= 15 is 0 Å². The monoisotopic (exact) mass is 574 g/mol. The Hall–Kier alpha value is -5.51. The number of fused-ring (bicyclic) bond motifs is 2. The van der Waals surface area contributed by atoms with Crippen molar-refractivity contribution in [3.05, 3.63) is 95.2 Å². The van der Waals surface area contributed by atoms with E-state index in [2.05, 4.69) is 31.7 Å². The van der Waals surface area contributed by atoms with Crippen molar-refractivity contribution >= 4 is 51.4 Å². The normalized spacial score (nSPS) is 13.1. The third kappa shape index (κ3) is 5.94. The molecule has 10 nitrogen and oxygen atoms in total. The lowest BCUT2D eigenvalue weighted by Gasteiger charge is -2.15. The van der Waals surface area contributed by atoms with Crippen molar-refractivity contribution in [1.29, 1.82) is 0 Å². The number of pyridine rings is 1. The quantitative estimate of drug-likeness (QED) is 0.143. The molecule has 1 aliphatic carbocycles. The molecular weight excluding hydrogens is 544 g/mol. The number of hydrogen-bond donors (Lipinski definition) is 5. The molecule has 0 radical (unpaired) electrons. The predicted molar refractivity (Wildman–Crippen MR) is 166 cm³/mol. The Morgan fingerprint density at radius 2 is 1.77 bits per heavy atom. The summed E-state index contributed by atoms with van der Waals surface area (Å²) in [5.74, 6) is -1.84. The fourth-order valence-corrected chi connectivity index (χ4v) is 5.46. The van der Waals surface area contributed by atoms with Crippen molar-refractivity contribution in [2.45, 2.75) is 32.1 Å². The molecular formula is C33H30N6O4. The van der Waals surface area contributed by atoms with Crippen LogP contribution in [0.3, 0.4) is 0 Å². The van der Waals surface area contributed by atoms with Crippen molar-refractivity contribution in [2.75, 3.05) is 17.6 Å². The van der Waals surface area contributed by atoms with Crippen LogP contribution >= 0.6 is 0 Å². The van der Waals surface area contributed by atoms with E-state index in [0.717, 1.165) is 24.6 Å². The summed E-state index contributed by atoms with van der Waals surface area (Å²) in [6.07, 6.45) is 7.51. The maximum atomic E-state index is 13.7. The first-order valence-corrected chi connectivity index (χ1v) is 14.2. The van der Waals surface area contributed by atoms with Crippen LogP contribution in [0.1, 0.15) is 63.3 Å². The van der Waals surface area contributed by atoms with Crippen molar-refractivity contribution in [1.82, 2.24) is 20.3 Å². The van der Waals surface area contributed by atoms with Crippen LogP contribution in [-0.4, -0.2) is 44.4 Å². The lowest BCUT2D eigenvalue weighted by molar-refractivity contribution is 0.0697. The number of carbonyl (C=O) groups is 3. The molecule has 2 amide bonds. The molecule has 10 heteroatoms. The van der Waals surface area contributed by atoms with E-state index in [9.17, 15) is 19.5 Å². The predicted octanol–water partition coefficient (Wildman–Crippen LogP) is 5.93. The van der Waals surface area contributed by atoms with Gasteiger partial charge in [0.05, 0.1) is 22.1 Å². The average Bonchev–Trinajstić information content (AvgIpc) is 3.39. The maximum Gasteiger partial charge on any atom is 0.336 e. The number of carboxylic acid groups (broad SMARTS) is 1. The molecule has 0 saturated carbocycles. The number of nitrogens with zero attached hydrogens (tertiary/aromatic N) is 2. The first kappa shape index (κ1) is 27.6. The van der Waals surface area contributed by atoms with Crippen molar-refractivity contribution < 1.29 is 19.5 Å². The number of imidazole rings is 1. The molecule has 3 aromatic carbocycles. The lowest BCUT2D eigenvalue weighted by Crippen LogP contribution is -2.25. The van der Waals surface area contributed by atoms with Gasteiger partial charge in [0.1, 0.15) is 5.69 Å². The van der Waals surface area contributed by atoms with Gasteiger partial charge < -0.3 is 26.5 Å². The summed E-state index contributed by atoms with van der Waals surface area (Å²) in [7, 11) is 0. The second kappa shape index (κ2) is 11.8. The Balaban J connectivity index is 1.33. The highest BCUT2D eigenvalue weighted by atomic mass is 16.4. The van der Waals surface area contributed by atoms with Gasteiger partial charge in [-0.2, -0.15) is 0 Å². The molecule has 0 fully saturated rings. The summed E-state index contributed by atoms with van der Waals surface area (Å²) in [5, 5.41) is 16.7. The van der Waals surface area contributed by atoms with Crippen LogP contribution in [0.5, 0.6) is 0 Å². The largest absolute Gasteiger partial charge is 0.478 e. The van der Waals surface area contributed by atoms with Crippen molar-refractivity contribution in [2.24, 2.45) is 0 Å². The Morgan fingerprint density at radius 3 is 2.58 bits per heavy atom. The van der Waals surface area contributed by atoms with E-state index < -0.39 is 11.9 Å². The molecule has 0 bridgehead atoms. The summed E-state index contributed by atoms with van der Waals surface area (Å²) < 4.78 is 0. The van der Waals surface area contributed by atoms with Gasteiger partial charge in [-0.15, -0.1) is 0 Å². The zero-order valence-corrected chi connectivity index (χ0v) is 23.3. The van der Waals surface area contributed by atoms with E-state index in [1.54, 1.807) is 42.5 Å². The highest BCUT2D eigenvalue weighted by Gasteiger charge is 2.23. The molecule has 0 unspecified atom stereocenters. The summed E-state index contributed by atoms with van der Waals surface area (Å²) in [6.45, 7) is 0.477. The van der Waals surface area contributed by atoms with Crippen LogP contribution in [0.2, 0.25) is 0 Å². The van der Waals surface area contributed by atoms with E-state index in [1.165, 1.54) is 24.5 Å². The molecule has 0 aliphatic heterocycles. The molecule has 0 atom stereocenters. The third-order valence-corrected chi connectivity index (χ3v) is 7.62. The van der Waals surface area contributed by atoms with E-state index in [0.29, 0.717) is 34.3 Å². The van der Waals surface area contributed by atoms with Gasteiger partial charge in [-0.1, -0.05) is 35.9 Å². The van der Waals surface area contributed by atoms with Crippen LogP contribution in [0.25, 0.3) is 33.1 Å². The zero-order chi connectivity index (χ0) is 29.9. The number of aromatic amines is 1. The highest BCUT2D eigenvalue weighted by Crippen LogP contribution is 2.31. The number of para-hydroxylation sites is 1. The number of carbonyl (C=O) groups excluding carboxylic acids is 2. The SMILES string of the molecule is Nc1nc2ccc(NC(=O)c3nc4ccccc4cc3-c3ccc(C(=O)NCCC4=CCCCC4)cc3C(=O)O)cc2[nH]1. The number of aromatic carboxylic acids is 1. The molecule has 6 N–H and O–H groups in total. The maximum absolute atomic E-state index is 13.7. The first-order valence-electron chi connectivity index (χ1n) is 14.2. The number of aromatic nitrogens is 3. The van der Waals surface area contributed by atoms with Crippen LogP contribution < -0.4 is 16.4 Å². The molecule has 2 heterocycles. The number of anilines is 2. The topological polar surface area (TPSA) is 163 Å². The van der Waals surface area contributed by atoms with E-state index in [1.807, 2.05) is 18.2 Å². The van der Waals surface area contributed by atoms with Gasteiger partial charge in [-0.3, -0.25) is 9.59 Å². The fraction of sp³-hybridized carbons (Fsp3) is 0.182. The molecule has 0 spiro atoms. The van der Waals surface area contributed by atoms with Gasteiger partial charge in [0.2, 0.25) is 0 Å². The minimum atomic E-state index is -1.22. The third-order valence-electron chi connectivity index (χ3n) is 7.62. The Bertz CT molecular complexity index is 1930. The summed E-state index contributed by atoms with van der Waals surface area (Å²) in [5.41, 5.74) is 10.2. The zero-order valence-electron chi connectivity index (χ0n) is 23.3. The van der Waals surface area contributed by atoms with E-state index in [-0.39, 0.29) is 34.2 Å². The number of hydrogen-bond acceptors (Lipinski definition) is 6. The number of carboxylic acids is 1. The number of allylic oxidation sites excluding steroid dienone is 1. The van der Waals surface area contributed by atoms with Gasteiger partial charge in [0.25, 0.3) is 11.8 Å². The first-order chi connectivity index (χ1) is 20.9. The number of nitrogens with two attached hydrogens (primary N) is 1. The molecule has 5 aromatic rings. The Morgan fingerprint density at radius 1 is 0.907 bits per heavy atom. The summed E-state index contributed by atoms with van der Waals surface area (Å²) in [4.78, 5) is 50.8. The van der Waals surface area contributed by atoms with Gasteiger partial charge in [-0.25, -0.2) is 14.8 Å². The molecule has 43 heavy (non-hydrogen) atoms. The smallest absolute Gasteiger partial charge is 0.336 e. The molecule has 1 aliphatic rings. The number of rotatable bonds is 8. The molecule has 2 aromatic heterocycles. The van der Waals surface area contributed by atoms with Crippen LogP contribution in [0, 0.1) is 0 Å². The highest BCUT2D eigenvalue weighted by molar-refractivity contribution is 6.11. The number of benzene rings is 3. The average molecular weight is 575 g/mol. The van der Waals surface area contributed by atoms with Gasteiger partial charge in [0.15, 0.2) is 5.95 Å². The van der Waals surface area contributed by atoms with Crippen LogP contribution in [-0.2, 0) is 0 Å². The number of nitrogen functional groups attached to an aromatic ring is 1. The molecule has 6 rings (SSSR count). The van der Waals surface area contributed by atoms with E-state index in [4.69, 9.17) is 5.73 Å². The van der Waals surface area contributed by atoms with Gasteiger partial charge in [0, 0.05) is 28.7 Å². The Labute approximate surface area is 247 Å². The molecule has 216 valence electrons. The molecule has 0 saturated heterocycles. The second-order valence-corrected chi connectivity index (χ2v) is 10.6. The number of H-pyrrole nitrogens is 1. The fourth-order valence-electron chi connectivity index (χ4n) is 5.46. The minimum absolute atomic E-state index is 0.0448. The second-order valence-electron chi connectivity index (χ2n) is 10.6. The lowest BCUT2D eigenvalue weighted by atomic mass is 9.94. The minimum Gasteiger partial charge on any atom is -0.478 e. The summed E-state index contributed by atoms with van der Waals surface area (Å²) >= 11 is 0. The van der Waals surface area contributed by atoms with Gasteiger partial charge >= 0.3 is 5.97 Å².